The molecule has 1 aromatic carbocycles. The first kappa shape index (κ1) is 16.1. The lowest BCUT2D eigenvalue weighted by molar-refractivity contribution is 0.569. The fourth-order valence-electron chi connectivity index (χ4n) is 1.57. The summed E-state index contributed by atoms with van der Waals surface area (Å²) >= 11 is 0. The van der Waals surface area contributed by atoms with Crippen LogP contribution in [-0.2, 0) is 20.0 Å². The van der Waals surface area contributed by atoms with E-state index >= 15 is 0 Å². The van der Waals surface area contributed by atoms with Crippen molar-refractivity contribution in [1.29, 1.82) is 0 Å². The summed E-state index contributed by atoms with van der Waals surface area (Å²) in [6, 6.07) is 5.28. The molecule has 19 heavy (non-hydrogen) atoms. The predicted molar refractivity (Wildman–Crippen MR) is 72.5 cm³/mol. The van der Waals surface area contributed by atoms with E-state index in [2.05, 4.69) is 4.72 Å². The van der Waals surface area contributed by atoms with Gasteiger partial charge in [-0.1, -0.05) is 31.9 Å². The second-order valence-corrected chi connectivity index (χ2v) is 7.36. The highest BCUT2D eigenvalue weighted by Gasteiger charge is 2.23. The summed E-state index contributed by atoms with van der Waals surface area (Å²) in [5, 5.41) is 5.01. The molecular weight excluding hydrogens is 288 g/mol. The molecule has 108 valence electrons. The minimum Gasteiger partial charge on any atom is -0.225 e. The van der Waals surface area contributed by atoms with E-state index in [9.17, 15) is 16.8 Å². The highest BCUT2D eigenvalue weighted by molar-refractivity contribution is 7.92. The number of hydrogen-bond acceptors (Lipinski definition) is 4. The second-order valence-electron chi connectivity index (χ2n) is 4.10. The largest absolute Gasteiger partial charge is 0.241 e. The maximum absolute atomic E-state index is 12.0. The van der Waals surface area contributed by atoms with Crippen molar-refractivity contribution < 1.29 is 16.8 Å². The predicted octanol–water partition coefficient (Wildman–Crippen LogP) is 0.803. The first-order valence-electron chi connectivity index (χ1n) is 5.90. The van der Waals surface area contributed by atoms with Gasteiger partial charge in [0.1, 0.15) is 9.79 Å². The van der Waals surface area contributed by atoms with E-state index in [1.54, 1.807) is 0 Å². The molecule has 6 nitrogen and oxygen atoms in total. The summed E-state index contributed by atoms with van der Waals surface area (Å²) in [4.78, 5) is -0.702. The van der Waals surface area contributed by atoms with E-state index in [-0.39, 0.29) is 11.4 Å². The molecule has 0 atom stereocenters. The van der Waals surface area contributed by atoms with Crippen molar-refractivity contribution in [2.24, 2.45) is 5.14 Å². The number of nitrogens with two attached hydrogens (primary N) is 1. The van der Waals surface area contributed by atoms with Crippen LogP contribution in [0.2, 0.25) is 0 Å². The fourth-order valence-corrected chi connectivity index (χ4v) is 4.02. The van der Waals surface area contributed by atoms with Crippen molar-refractivity contribution in [1.82, 2.24) is 4.72 Å². The molecule has 0 aliphatic rings. The third-order valence-electron chi connectivity index (χ3n) is 2.52. The van der Waals surface area contributed by atoms with Crippen LogP contribution in [0.25, 0.3) is 0 Å². The molecule has 0 heterocycles. The van der Waals surface area contributed by atoms with Crippen LogP contribution in [-0.4, -0.2) is 23.4 Å². The van der Waals surface area contributed by atoms with Crippen LogP contribution in [0.3, 0.4) is 0 Å². The van der Waals surface area contributed by atoms with Crippen LogP contribution in [0.5, 0.6) is 0 Å². The van der Waals surface area contributed by atoms with Crippen molar-refractivity contribution >= 4 is 20.0 Å². The topological polar surface area (TPSA) is 106 Å². The van der Waals surface area contributed by atoms with Gasteiger partial charge in [-0.3, -0.25) is 0 Å². The van der Waals surface area contributed by atoms with Crippen LogP contribution in [0, 0.1) is 0 Å². The zero-order valence-corrected chi connectivity index (χ0v) is 12.3. The Labute approximate surface area is 114 Å². The minimum absolute atomic E-state index is 0.273. The molecule has 0 amide bonds. The number of hydrogen-bond donors (Lipinski definition) is 2. The van der Waals surface area contributed by atoms with E-state index in [4.69, 9.17) is 5.14 Å². The highest BCUT2D eigenvalue weighted by Crippen LogP contribution is 2.19. The summed E-state index contributed by atoms with van der Waals surface area (Å²) < 4.78 is 49.2. The Bertz CT molecular complexity index is 624. The summed E-state index contributed by atoms with van der Waals surface area (Å²) in [7, 11) is -7.93. The maximum Gasteiger partial charge on any atom is 0.241 e. The maximum atomic E-state index is 12.0. The van der Waals surface area contributed by atoms with Gasteiger partial charge in [-0.25, -0.2) is 26.7 Å². The van der Waals surface area contributed by atoms with Gasteiger partial charge >= 0.3 is 0 Å². The van der Waals surface area contributed by atoms with Crippen molar-refractivity contribution in [2.45, 2.75) is 36.0 Å². The monoisotopic (exact) mass is 306 g/mol. The number of rotatable bonds is 7. The van der Waals surface area contributed by atoms with Gasteiger partial charge in [0, 0.05) is 6.54 Å². The molecule has 0 saturated carbocycles. The van der Waals surface area contributed by atoms with Gasteiger partial charge in [-0.05, 0) is 18.6 Å². The van der Waals surface area contributed by atoms with E-state index in [1.165, 1.54) is 24.3 Å². The lowest BCUT2D eigenvalue weighted by atomic mass is 10.3. The number of sulfonamides is 2. The molecule has 3 N–H and O–H groups in total. The quantitative estimate of drug-likeness (QED) is 0.727. The molecule has 0 fully saturated rings. The van der Waals surface area contributed by atoms with Crippen molar-refractivity contribution in [3.05, 3.63) is 24.3 Å². The van der Waals surface area contributed by atoms with Gasteiger partial charge in [-0.15, -0.1) is 0 Å². The standard InChI is InChI=1S/C11H18N2O4S2/c1-2-3-6-9-13-19(16,17)11-8-5-4-7-10(11)18(12,14)15/h4-5,7-8,13H,2-3,6,9H2,1H3,(H2,12,14,15). The summed E-state index contributed by atoms with van der Waals surface area (Å²) in [6.07, 6.45) is 2.57. The molecule has 0 aromatic heterocycles. The molecule has 1 aromatic rings. The number of primary sulfonamides is 1. The van der Waals surface area contributed by atoms with Gasteiger partial charge in [0.25, 0.3) is 0 Å². The molecule has 0 bridgehead atoms. The minimum atomic E-state index is -4.07. The van der Waals surface area contributed by atoms with Crippen LogP contribution >= 0.6 is 0 Å². The Morgan fingerprint density at radius 1 is 1.05 bits per heavy atom. The Balaban J connectivity index is 3.02. The Hall–Kier alpha value is -0.960. The summed E-state index contributed by atoms with van der Waals surface area (Å²) in [5.41, 5.74) is 0. The van der Waals surface area contributed by atoms with E-state index in [1.807, 2.05) is 6.92 Å². The second kappa shape index (κ2) is 6.47. The zero-order chi connectivity index (χ0) is 14.5. The van der Waals surface area contributed by atoms with Crippen LogP contribution < -0.4 is 9.86 Å². The van der Waals surface area contributed by atoms with E-state index < -0.39 is 24.9 Å². The number of benzene rings is 1. The smallest absolute Gasteiger partial charge is 0.225 e. The number of nitrogens with one attached hydrogen (secondary N) is 1. The van der Waals surface area contributed by atoms with Crippen LogP contribution in [0.1, 0.15) is 26.2 Å². The highest BCUT2D eigenvalue weighted by atomic mass is 32.2. The third kappa shape index (κ3) is 4.57. The summed E-state index contributed by atoms with van der Waals surface area (Å²) in [6.45, 7) is 2.28. The molecule has 0 spiro atoms. The van der Waals surface area contributed by atoms with Crippen LogP contribution in [0.4, 0.5) is 0 Å². The van der Waals surface area contributed by atoms with E-state index in [0.29, 0.717) is 6.42 Å². The third-order valence-corrected chi connectivity index (χ3v) is 5.14. The Kier molecular flexibility index (Phi) is 5.48. The SMILES string of the molecule is CCCCCNS(=O)(=O)c1ccccc1S(N)(=O)=O. The van der Waals surface area contributed by atoms with Crippen LogP contribution in [0.15, 0.2) is 34.1 Å². The molecule has 0 radical (unpaired) electrons. The normalized spacial score (nSPS) is 12.5. The average Bonchev–Trinajstić information content (AvgIpc) is 2.34. The first-order valence-corrected chi connectivity index (χ1v) is 8.93. The first-order chi connectivity index (χ1) is 8.79. The van der Waals surface area contributed by atoms with Crippen molar-refractivity contribution in [3.63, 3.8) is 0 Å². The Morgan fingerprint density at radius 2 is 1.63 bits per heavy atom. The molecule has 0 aliphatic heterocycles. The van der Waals surface area contributed by atoms with Gasteiger partial charge in [0.2, 0.25) is 20.0 Å². The van der Waals surface area contributed by atoms with Gasteiger partial charge in [-0.2, -0.15) is 0 Å². The number of unbranched alkanes of at least 4 members (excludes halogenated alkanes) is 2. The molecule has 0 unspecified atom stereocenters. The summed E-state index contributed by atoms with van der Waals surface area (Å²) in [5.74, 6) is 0. The molecular formula is C11H18N2O4S2. The van der Waals surface area contributed by atoms with Gasteiger partial charge in [0.05, 0.1) is 0 Å². The lowest BCUT2D eigenvalue weighted by Crippen LogP contribution is -2.27. The fraction of sp³-hybridized carbons (Fsp3) is 0.455. The molecule has 8 heteroatoms. The van der Waals surface area contributed by atoms with Gasteiger partial charge < -0.3 is 0 Å². The molecule has 0 saturated heterocycles. The van der Waals surface area contributed by atoms with Gasteiger partial charge in [0.15, 0.2) is 0 Å². The molecule has 0 aliphatic carbocycles. The lowest BCUT2D eigenvalue weighted by Gasteiger charge is -2.09. The van der Waals surface area contributed by atoms with Crippen molar-refractivity contribution in [3.8, 4) is 0 Å². The average molecular weight is 306 g/mol. The van der Waals surface area contributed by atoms with Crippen molar-refractivity contribution in [2.75, 3.05) is 6.54 Å². The molecule has 1 rings (SSSR count). The van der Waals surface area contributed by atoms with E-state index in [0.717, 1.165) is 12.8 Å². The Morgan fingerprint density at radius 3 is 2.16 bits per heavy atom. The zero-order valence-electron chi connectivity index (χ0n) is 10.7.